The summed E-state index contributed by atoms with van der Waals surface area (Å²) in [4.78, 5) is 35.7. The van der Waals surface area contributed by atoms with Crippen LogP contribution in [0.2, 0.25) is 0 Å². The van der Waals surface area contributed by atoms with Crippen molar-refractivity contribution in [3.05, 3.63) is 96.1 Å². The molecule has 2 saturated heterocycles. The molecule has 4 aromatic carbocycles. The van der Waals surface area contributed by atoms with Gasteiger partial charge in [0.05, 0.1) is 28.8 Å². The molecule has 2 aliphatic rings. The standard InChI is InChI=1S/C26H32N4O3.C20H22N4O/c1-17-9-10-19-21(13-17)28-23(20-7-5-6-8-22(20)31)29-24(19)30-12-11-18(15-30)14-27-25(32)33-16-26(2,3)4;1-13-6-7-15-17(10-13)22-19(16-4-2-3-5-18(16)25)23-20(15)24-9-8-14(11-21)12-24/h5-10,13,18,31H,11-12,14-16H2,1-4H3,(H,27,32);2-7,10,14,25H,8-9,11-12,21H2,1H3/t18-;14-/m00/s1. The van der Waals surface area contributed by atoms with Crippen LogP contribution in [0.15, 0.2) is 84.9 Å². The number of alkyl carbamates (subject to hydrolysis) is 1. The molecule has 12 heteroatoms. The third-order valence-electron chi connectivity index (χ3n) is 10.6. The predicted molar refractivity (Wildman–Crippen MR) is 231 cm³/mol. The summed E-state index contributed by atoms with van der Waals surface area (Å²) in [7, 11) is 0. The first-order valence-electron chi connectivity index (χ1n) is 20.1. The van der Waals surface area contributed by atoms with Gasteiger partial charge >= 0.3 is 6.09 Å². The van der Waals surface area contributed by atoms with Gasteiger partial charge in [-0.3, -0.25) is 0 Å². The summed E-state index contributed by atoms with van der Waals surface area (Å²) < 4.78 is 5.31. The molecule has 1 amide bonds. The smallest absolute Gasteiger partial charge is 0.407 e. The van der Waals surface area contributed by atoms with E-state index in [0.29, 0.717) is 54.3 Å². The number of phenolic OH excluding ortho intramolecular Hbond substituents is 2. The number of carbonyl (C=O) groups is 1. The molecule has 12 nitrogen and oxygen atoms in total. The molecule has 5 N–H and O–H groups in total. The maximum Gasteiger partial charge on any atom is 0.407 e. The van der Waals surface area contributed by atoms with Crippen molar-refractivity contribution in [3.8, 4) is 34.3 Å². The van der Waals surface area contributed by atoms with E-state index in [0.717, 1.165) is 83.6 Å². The SMILES string of the molecule is Cc1ccc2c(N3CC[C@@H](CN)C3)nc(-c3ccccc3O)nc2c1.Cc1ccc2c(N3CC[C@@H](CNC(=O)OCC(C)(C)C)C3)nc(-c3ccccc3O)nc2c1. The molecule has 0 bridgehead atoms. The zero-order valence-electron chi connectivity index (χ0n) is 34.1. The van der Waals surface area contributed by atoms with E-state index in [4.69, 9.17) is 30.4 Å². The van der Waals surface area contributed by atoms with Crippen molar-refractivity contribution in [1.82, 2.24) is 25.3 Å². The van der Waals surface area contributed by atoms with Crippen LogP contribution in [-0.4, -0.2) is 82.1 Å². The number of nitrogens with one attached hydrogen (secondary N) is 1. The molecule has 0 spiro atoms. The number of aryl methyl sites for hydroxylation is 2. The molecular formula is C46H54N8O4. The average molecular weight is 783 g/mol. The third-order valence-corrected chi connectivity index (χ3v) is 10.6. The minimum atomic E-state index is -0.367. The molecule has 0 radical (unpaired) electrons. The molecule has 4 heterocycles. The number of para-hydroxylation sites is 2. The van der Waals surface area contributed by atoms with Crippen LogP contribution in [0.1, 0.15) is 44.7 Å². The van der Waals surface area contributed by atoms with Gasteiger partial charge in [0.2, 0.25) is 0 Å². The number of aromatic hydroxyl groups is 2. The van der Waals surface area contributed by atoms with E-state index in [1.54, 1.807) is 24.3 Å². The number of hydrogen-bond donors (Lipinski definition) is 4. The number of nitrogens with zero attached hydrogens (tertiary/aromatic N) is 6. The van der Waals surface area contributed by atoms with Gasteiger partial charge in [0.1, 0.15) is 23.1 Å². The lowest BCUT2D eigenvalue weighted by Crippen LogP contribution is -2.33. The first-order chi connectivity index (χ1) is 27.8. The Labute approximate surface area is 340 Å². The second-order valence-electron chi connectivity index (χ2n) is 16.8. The van der Waals surface area contributed by atoms with Gasteiger partial charge < -0.3 is 35.8 Å². The Morgan fingerprint density at radius 2 is 1.22 bits per heavy atom. The predicted octanol–water partition coefficient (Wildman–Crippen LogP) is 8.01. The van der Waals surface area contributed by atoms with Gasteiger partial charge in [-0.2, -0.15) is 0 Å². The fourth-order valence-electron chi connectivity index (χ4n) is 7.46. The number of anilines is 2. The monoisotopic (exact) mass is 782 g/mol. The quantitative estimate of drug-likeness (QED) is 0.118. The highest BCUT2D eigenvalue weighted by Gasteiger charge is 2.28. The number of hydrogen-bond acceptors (Lipinski definition) is 11. The number of aromatic nitrogens is 4. The Hall–Kier alpha value is -6.01. The van der Waals surface area contributed by atoms with Gasteiger partial charge in [-0.05, 0) is 110 Å². The fourth-order valence-corrected chi connectivity index (χ4v) is 7.46. The second kappa shape index (κ2) is 17.2. The maximum atomic E-state index is 12.0. The Balaban J connectivity index is 0.000000183. The summed E-state index contributed by atoms with van der Waals surface area (Å²) in [5.41, 5.74) is 11.1. The van der Waals surface area contributed by atoms with E-state index in [1.807, 2.05) is 58.0 Å². The average Bonchev–Trinajstić information content (AvgIpc) is 3.89. The van der Waals surface area contributed by atoms with Gasteiger partial charge in [0, 0.05) is 43.5 Å². The maximum absolute atomic E-state index is 12.0. The van der Waals surface area contributed by atoms with E-state index in [-0.39, 0.29) is 23.0 Å². The molecule has 302 valence electrons. The first kappa shape index (κ1) is 40.2. The van der Waals surface area contributed by atoms with Crippen LogP contribution in [-0.2, 0) is 4.74 Å². The van der Waals surface area contributed by atoms with Crippen LogP contribution in [0.4, 0.5) is 16.4 Å². The van der Waals surface area contributed by atoms with E-state index in [2.05, 4.69) is 52.4 Å². The molecule has 58 heavy (non-hydrogen) atoms. The number of carbonyl (C=O) groups excluding carboxylic acids is 1. The van der Waals surface area contributed by atoms with Gasteiger partial charge in [-0.15, -0.1) is 0 Å². The summed E-state index contributed by atoms with van der Waals surface area (Å²) >= 11 is 0. The summed E-state index contributed by atoms with van der Waals surface area (Å²) in [6.45, 7) is 15.3. The molecule has 6 aromatic rings. The summed E-state index contributed by atoms with van der Waals surface area (Å²) in [5.74, 6) is 4.01. The van der Waals surface area contributed by atoms with Crippen LogP contribution in [0.3, 0.4) is 0 Å². The molecule has 0 aliphatic carbocycles. The minimum absolute atomic E-state index is 0.0567. The minimum Gasteiger partial charge on any atom is -0.507 e. The van der Waals surface area contributed by atoms with Crippen molar-refractivity contribution in [2.75, 3.05) is 55.7 Å². The molecule has 2 aliphatic heterocycles. The molecular weight excluding hydrogens is 729 g/mol. The molecule has 0 saturated carbocycles. The Bertz CT molecular complexity index is 2410. The van der Waals surface area contributed by atoms with Crippen LogP contribution >= 0.6 is 0 Å². The Morgan fingerprint density at radius 3 is 1.69 bits per heavy atom. The van der Waals surface area contributed by atoms with Crippen molar-refractivity contribution in [1.29, 1.82) is 0 Å². The van der Waals surface area contributed by atoms with Crippen LogP contribution in [0.25, 0.3) is 44.6 Å². The number of amides is 1. The third kappa shape index (κ3) is 9.40. The van der Waals surface area contributed by atoms with E-state index in [1.165, 1.54) is 0 Å². The van der Waals surface area contributed by atoms with Crippen LogP contribution < -0.4 is 20.9 Å². The zero-order chi connectivity index (χ0) is 41.0. The number of rotatable bonds is 8. The number of ether oxygens (including phenoxy) is 1. The first-order valence-corrected chi connectivity index (χ1v) is 20.1. The highest BCUT2D eigenvalue weighted by molar-refractivity contribution is 5.93. The molecule has 8 rings (SSSR count). The largest absolute Gasteiger partial charge is 0.507 e. The Kier molecular flexibility index (Phi) is 11.9. The highest BCUT2D eigenvalue weighted by Crippen LogP contribution is 2.35. The van der Waals surface area contributed by atoms with Gasteiger partial charge in [0.15, 0.2) is 11.6 Å². The molecule has 2 fully saturated rings. The normalized spacial score (nSPS) is 16.7. The van der Waals surface area contributed by atoms with E-state index < -0.39 is 0 Å². The lowest BCUT2D eigenvalue weighted by Gasteiger charge is -2.21. The van der Waals surface area contributed by atoms with Crippen molar-refractivity contribution in [2.45, 2.75) is 47.5 Å². The van der Waals surface area contributed by atoms with Crippen molar-refractivity contribution >= 4 is 39.5 Å². The molecule has 2 atom stereocenters. The lowest BCUT2D eigenvalue weighted by atomic mass is 9.99. The summed E-state index contributed by atoms with van der Waals surface area (Å²) in [6.07, 6.45) is 1.66. The number of nitrogens with two attached hydrogens (primary N) is 1. The van der Waals surface area contributed by atoms with Crippen molar-refractivity contribution < 1.29 is 19.7 Å². The van der Waals surface area contributed by atoms with Crippen molar-refractivity contribution in [2.24, 2.45) is 23.0 Å². The van der Waals surface area contributed by atoms with E-state index in [9.17, 15) is 15.0 Å². The number of benzene rings is 4. The fraction of sp³-hybridized carbons (Fsp3) is 0.370. The zero-order valence-corrected chi connectivity index (χ0v) is 34.1. The highest BCUT2D eigenvalue weighted by atomic mass is 16.5. The number of fused-ring (bicyclic) bond motifs is 2. The van der Waals surface area contributed by atoms with Gasteiger partial charge in [-0.1, -0.05) is 57.2 Å². The van der Waals surface area contributed by atoms with Crippen molar-refractivity contribution in [3.63, 3.8) is 0 Å². The van der Waals surface area contributed by atoms with Gasteiger partial charge in [-0.25, -0.2) is 24.7 Å². The molecule has 0 unspecified atom stereocenters. The second-order valence-corrected chi connectivity index (χ2v) is 16.8. The Morgan fingerprint density at radius 1 is 0.741 bits per heavy atom. The summed E-state index contributed by atoms with van der Waals surface area (Å²) in [5, 5.41) is 25.5. The number of phenols is 2. The van der Waals surface area contributed by atoms with E-state index >= 15 is 0 Å². The topological polar surface area (TPSA) is 163 Å². The molecule has 2 aromatic heterocycles. The van der Waals surface area contributed by atoms with Crippen LogP contribution in [0, 0.1) is 31.1 Å². The van der Waals surface area contributed by atoms with Crippen LogP contribution in [0.5, 0.6) is 11.5 Å². The lowest BCUT2D eigenvalue weighted by molar-refractivity contribution is 0.105. The summed E-state index contributed by atoms with van der Waals surface area (Å²) in [6, 6.07) is 26.8. The van der Waals surface area contributed by atoms with Gasteiger partial charge in [0.25, 0.3) is 0 Å².